The summed E-state index contributed by atoms with van der Waals surface area (Å²) < 4.78 is 5.16. The van der Waals surface area contributed by atoms with E-state index in [0.717, 1.165) is 34.8 Å². The summed E-state index contributed by atoms with van der Waals surface area (Å²) in [5, 5.41) is 7.07. The number of aryl methyl sites for hydroxylation is 3. The fourth-order valence-electron chi connectivity index (χ4n) is 2.60. The van der Waals surface area contributed by atoms with E-state index in [9.17, 15) is 4.79 Å². The van der Waals surface area contributed by atoms with Crippen molar-refractivity contribution >= 4 is 5.95 Å². The number of H-pyrrole nitrogens is 1. The van der Waals surface area contributed by atoms with Crippen molar-refractivity contribution in [3.05, 3.63) is 63.4 Å². The van der Waals surface area contributed by atoms with E-state index < -0.39 is 0 Å². The van der Waals surface area contributed by atoms with E-state index in [1.54, 1.807) is 18.6 Å². The number of hydrogen-bond donors (Lipinski definition) is 2. The maximum Gasteiger partial charge on any atom is 0.252 e. The molecule has 0 aromatic carbocycles. The van der Waals surface area contributed by atoms with E-state index in [0.29, 0.717) is 25.3 Å². The average Bonchev–Trinajstić information content (AvgIpc) is 2.92. The number of nitrogens with zero attached hydrogens (tertiary/aromatic N) is 4. The summed E-state index contributed by atoms with van der Waals surface area (Å²) in [6.07, 6.45) is 7.09. The second-order valence-electron chi connectivity index (χ2n) is 5.76. The molecular weight excluding hydrogens is 320 g/mol. The minimum absolute atomic E-state index is 0.175. The summed E-state index contributed by atoms with van der Waals surface area (Å²) in [6, 6.07) is 1.52. The lowest BCUT2D eigenvalue weighted by molar-refractivity contribution is 0.392. The molecule has 0 spiro atoms. The molecule has 0 aliphatic carbocycles. The molecule has 3 heterocycles. The van der Waals surface area contributed by atoms with Crippen LogP contribution in [0, 0.1) is 13.8 Å². The maximum absolute atomic E-state index is 11.9. The van der Waals surface area contributed by atoms with Gasteiger partial charge in [0.25, 0.3) is 5.56 Å². The Balaban J connectivity index is 1.61. The molecule has 130 valence electrons. The van der Waals surface area contributed by atoms with Gasteiger partial charge in [0, 0.05) is 43.2 Å². The first kappa shape index (κ1) is 16.8. The van der Waals surface area contributed by atoms with Crippen molar-refractivity contribution in [3.8, 4) is 0 Å². The predicted molar refractivity (Wildman–Crippen MR) is 92.5 cm³/mol. The first-order chi connectivity index (χ1) is 12.1. The summed E-state index contributed by atoms with van der Waals surface area (Å²) in [6.45, 7) is 4.41. The summed E-state index contributed by atoms with van der Waals surface area (Å²) >= 11 is 0. The highest BCUT2D eigenvalue weighted by atomic mass is 16.5. The molecule has 0 amide bonds. The molecule has 0 fully saturated rings. The van der Waals surface area contributed by atoms with Crippen LogP contribution in [0.2, 0.25) is 0 Å². The molecule has 0 bridgehead atoms. The summed E-state index contributed by atoms with van der Waals surface area (Å²) in [5.41, 5.74) is 3.38. The predicted octanol–water partition coefficient (Wildman–Crippen LogP) is 1.60. The second-order valence-corrected chi connectivity index (χ2v) is 5.76. The number of anilines is 1. The van der Waals surface area contributed by atoms with Crippen LogP contribution in [0.4, 0.5) is 5.95 Å². The first-order valence-corrected chi connectivity index (χ1v) is 8.12. The zero-order valence-corrected chi connectivity index (χ0v) is 14.2. The Morgan fingerprint density at radius 2 is 2.04 bits per heavy atom. The highest BCUT2D eigenvalue weighted by Crippen LogP contribution is 2.14. The van der Waals surface area contributed by atoms with Crippen molar-refractivity contribution in [2.75, 3.05) is 11.9 Å². The molecule has 8 nitrogen and oxygen atoms in total. The van der Waals surface area contributed by atoms with Crippen molar-refractivity contribution in [2.45, 2.75) is 33.1 Å². The molecule has 0 atom stereocenters. The molecule has 0 saturated heterocycles. The van der Waals surface area contributed by atoms with Crippen LogP contribution in [0.25, 0.3) is 0 Å². The van der Waals surface area contributed by atoms with E-state index in [4.69, 9.17) is 4.52 Å². The van der Waals surface area contributed by atoms with Gasteiger partial charge < -0.3 is 9.84 Å². The largest absolute Gasteiger partial charge is 0.361 e. The van der Waals surface area contributed by atoms with Crippen LogP contribution in [0.1, 0.15) is 28.4 Å². The number of rotatable bonds is 7. The molecule has 0 unspecified atom stereocenters. The third-order valence-corrected chi connectivity index (χ3v) is 3.90. The topological polar surface area (TPSA) is 110 Å². The Morgan fingerprint density at radius 3 is 2.76 bits per heavy atom. The molecule has 3 aromatic heterocycles. The first-order valence-electron chi connectivity index (χ1n) is 8.12. The van der Waals surface area contributed by atoms with Crippen molar-refractivity contribution < 1.29 is 4.52 Å². The smallest absolute Gasteiger partial charge is 0.252 e. The zero-order chi connectivity index (χ0) is 17.6. The van der Waals surface area contributed by atoms with Gasteiger partial charge in [0.15, 0.2) is 0 Å². The summed E-state index contributed by atoms with van der Waals surface area (Å²) in [5.74, 6) is 1.27. The number of nitrogens with one attached hydrogen (secondary N) is 2. The van der Waals surface area contributed by atoms with E-state index in [1.165, 1.54) is 6.07 Å². The highest BCUT2D eigenvalue weighted by Gasteiger charge is 2.10. The molecule has 0 radical (unpaired) electrons. The van der Waals surface area contributed by atoms with Crippen LogP contribution in [-0.4, -0.2) is 31.6 Å². The van der Waals surface area contributed by atoms with Gasteiger partial charge in [-0.3, -0.25) is 19.7 Å². The number of aromatic amines is 1. The minimum Gasteiger partial charge on any atom is -0.361 e. The van der Waals surface area contributed by atoms with Gasteiger partial charge in [-0.15, -0.1) is 0 Å². The standard InChI is InChI=1S/C17H20N6O2/c1-11-15(12(2)25-23-11)4-3-13-9-16(24)22-17(21-13)20-6-5-14-10-18-7-8-19-14/h7-10H,3-6H2,1-2H3,(H2,20,21,22,24). The van der Waals surface area contributed by atoms with Crippen LogP contribution < -0.4 is 10.9 Å². The van der Waals surface area contributed by atoms with E-state index >= 15 is 0 Å². The molecule has 2 N–H and O–H groups in total. The van der Waals surface area contributed by atoms with Gasteiger partial charge in [0.05, 0.1) is 17.1 Å². The lowest BCUT2D eigenvalue weighted by atomic mass is 10.1. The van der Waals surface area contributed by atoms with Gasteiger partial charge in [-0.1, -0.05) is 5.16 Å². The highest BCUT2D eigenvalue weighted by molar-refractivity contribution is 5.27. The van der Waals surface area contributed by atoms with Gasteiger partial charge in [-0.2, -0.15) is 0 Å². The fourth-order valence-corrected chi connectivity index (χ4v) is 2.60. The lowest BCUT2D eigenvalue weighted by Crippen LogP contribution is -2.16. The number of hydrogen-bond acceptors (Lipinski definition) is 7. The lowest BCUT2D eigenvalue weighted by Gasteiger charge is -2.07. The van der Waals surface area contributed by atoms with E-state index in [1.807, 2.05) is 13.8 Å². The quantitative estimate of drug-likeness (QED) is 0.672. The minimum atomic E-state index is -0.175. The molecule has 0 aliphatic heterocycles. The Bertz CT molecular complexity index is 868. The Labute approximate surface area is 144 Å². The van der Waals surface area contributed by atoms with Crippen LogP contribution in [0.3, 0.4) is 0 Å². The van der Waals surface area contributed by atoms with Crippen LogP contribution in [0.5, 0.6) is 0 Å². The molecule has 8 heteroatoms. The van der Waals surface area contributed by atoms with Crippen molar-refractivity contribution in [3.63, 3.8) is 0 Å². The van der Waals surface area contributed by atoms with E-state index in [2.05, 4.69) is 30.4 Å². The van der Waals surface area contributed by atoms with Crippen molar-refractivity contribution in [2.24, 2.45) is 0 Å². The summed E-state index contributed by atoms with van der Waals surface area (Å²) in [7, 11) is 0. The maximum atomic E-state index is 11.9. The molecular formula is C17H20N6O2. The van der Waals surface area contributed by atoms with Gasteiger partial charge >= 0.3 is 0 Å². The molecule has 25 heavy (non-hydrogen) atoms. The molecule has 3 rings (SSSR count). The second kappa shape index (κ2) is 7.69. The van der Waals surface area contributed by atoms with Gasteiger partial charge in [0.2, 0.25) is 5.95 Å². The fraction of sp³-hybridized carbons (Fsp3) is 0.353. The third kappa shape index (κ3) is 4.50. The Hall–Kier alpha value is -3.03. The van der Waals surface area contributed by atoms with Gasteiger partial charge in [0.1, 0.15) is 5.76 Å². The van der Waals surface area contributed by atoms with Crippen LogP contribution in [0.15, 0.2) is 34.0 Å². The Kier molecular flexibility index (Phi) is 5.17. The Morgan fingerprint density at radius 1 is 1.16 bits per heavy atom. The number of aromatic nitrogens is 5. The third-order valence-electron chi connectivity index (χ3n) is 3.90. The van der Waals surface area contributed by atoms with Crippen molar-refractivity contribution in [1.82, 2.24) is 25.1 Å². The molecule has 0 saturated carbocycles. The monoisotopic (exact) mass is 340 g/mol. The van der Waals surface area contributed by atoms with E-state index in [-0.39, 0.29) is 5.56 Å². The van der Waals surface area contributed by atoms with Crippen LogP contribution >= 0.6 is 0 Å². The van der Waals surface area contributed by atoms with Gasteiger partial charge in [-0.25, -0.2) is 4.98 Å². The summed E-state index contributed by atoms with van der Waals surface area (Å²) in [4.78, 5) is 27.3. The normalized spacial score (nSPS) is 10.8. The molecule has 3 aromatic rings. The zero-order valence-electron chi connectivity index (χ0n) is 14.2. The molecule has 0 aliphatic rings. The SMILES string of the molecule is Cc1noc(C)c1CCc1cc(=O)[nH]c(NCCc2cnccn2)n1. The average molecular weight is 340 g/mol. The van der Waals surface area contributed by atoms with Crippen LogP contribution in [-0.2, 0) is 19.3 Å². The van der Waals surface area contributed by atoms with Gasteiger partial charge in [-0.05, 0) is 26.7 Å². The van der Waals surface area contributed by atoms with Crippen molar-refractivity contribution in [1.29, 1.82) is 0 Å².